The number of nitrogens with zero attached hydrogens (tertiary/aromatic N) is 1. The van der Waals surface area contributed by atoms with E-state index in [1.54, 1.807) is 12.1 Å². The molecule has 0 saturated carbocycles. The Hall–Kier alpha value is -2.16. The Kier molecular flexibility index (Phi) is 5.65. The summed E-state index contributed by atoms with van der Waals surface area (Å²) < 4.78 is 4.52. The molecule has 1 aromatic carbocycles. The average Bonchev–Trinajstić information content (AvgIpc) is 2.92. The second-order valence-corrected chi connectivity index (χ2v) is 9.14. The summed E-state index contributed by atoms with van der Waals surface area (Å²) in [6.45, 7) is 7.08. The zero-order chi connectivity index (χ0) is 20.6. The van der Waals surface area contributed by atoms with Gasteiger partial charge in [-0.15, -0.1) is 11.8 Å². The number of carbonyl (C=O) groups is 3. The number of carbonyl (C=O) groups excluding carboxylic acids is 3. The topological polar surface area (TPSA) is 104 Å². The van der Waals surface area contributed by atoms with Crippen molar-refractivity contribution in [2.24, 2.45) is 5.92 Å². The fourth-order valence-electron chi connectivity index (χ4n) is 3.64. The maximum atomic E-state index is 12.7. The van der Waals surface area contributed by atoms with Gasteiger partial charge in [0, 0.05) is 10.3 Å². The van der Waals surface area contributed by atoms with Gasteiger partial charge in [-0.25, -0.2) is 4.79 Å². The van der Waals surface area contributed by atoms with Crippen LogP contribution in [-0.2, 0) is 20.9 Å². The minimum atomic E-state index is -1.50. The summed E-state index contributed by atoms with van der Waals surface area (Å²) in [6.07, 6.45) is -0.0460. The van der Waals surface area contributed by atoms with E-state index in [0.717, 1.165) is 0 Å². The molecule has 0 aliphatic carbocycles. The molecule has 7 nitrogen and oxygen atoms in total. The Bertz CT molecular complexity index is 805. The third-order valence-electron chi connectivity index (χ3n) is 5.08. The molecule has 0 spiro atoms. The number of aliphatic hydroxyl groups is 2. The molecule has 2 fully saturated rings. The lowest BCUT2D eigenvalue weighted by molar-refractivity contribution is -0.169. The van der Waals surface area contributed by atoms with Crippen LogP contribution < -0.4 is 0 Å². The van der Waals surface area contributed by atoms with Gasteiger partial charge in [0.15, 0.2) is 5.78 Å². The molecular formula is C20H23NO6S. The fraction of sp³-hybridized carbons (Fsp3) is 0.450. The largest absolute Gasteiger partial charge is 0.460 e. The molecule has 2 aliphatic heterocycles. The number of β-lactam (4-membered cyclic amide) rings is 1. The molecule has 0 bridgehead atoms. The van der Waals surface area contributed by atoms with Gasteiger partial charge in [0.25, 0.3) is 0 Å². The molecule has 1 amide bonds. The van der Waals surface area contributed by atoms with Gasteiger partial charge in [-0.1, -0.05) is 36.9 Å². The highest BCUT2D eigenvalue weighted by Gasteiger charge is 2.66. The fourth-order valence-corrected chi connectivity index (χ4v) is 5.35. The van der Waals surface area contributed by atoms with Crippen molar-refractivity contribution in [2.75, 3.05) is 6.61 Å². The van der Waals surface area contributed by atoms with Gasteiger partial charge in [0.2, 0.25) is 5.91 Å². The van der Waals surface area contributed by atoms with Crippen LogP contribution in [0.5, 0.6) is 0 Å². The van der Waals surface area contributed by atoms with Gasteiger partial charge in [0.1, 0.15) is 24.7 Å². The van der Waals surface area contributed by atoms with Crippen molar-refractivity contribution in [3.63, 3.8) is 0 Å². The second-order valence-electron chi connectivity index (χ2n) is 7.37. The van der Waals surface area contributed by atoms with Crippen LogP contribution in [0, 0.1) is 5.92 Å². The maximum Gasteiger partial charge on any atom is 0.330 e. The molecule has 3 rings (SSSR count). The predicted octanol–water partition coefficient (Wildman–Crippen LogP) is 1.13. The summed E-state index contributed by atoms with van der Waals surface area (Å²) in [5, 5.41) is 19.2. The molecule has 2 aliphatic rings. The number of aliphatic hydroxyl groups excluding tert-OH is 2. The van der Waals surface area contributed by atoms with Crippen molar-refractivity contribution in [3.8, 4) is 0 Å². The molecule has 150 valence electrons. The molecule has 0 unspecified atom stereocenters. The molecule has 28 heavy (non-hydrogen) atoms. The lowest BCUT2D eigenvalue weighted by Gasteiger charge is -2.45. The number of thioether (sulfide) groups is 1. The summed E-state index contributed by atoms with van der Waals surface area (Å²) in [4.78, 5) is 39.2. The Balaban J connectivity index is 1.77. The van der Waals surface area contributed by atoms with E-state index in [1.807, 2.05) is 13.8 Å². The standard InChI is InChI=1S/C20H23NO6S/c1-4-9-27-19(26)16-20(2,3)28-18-13(17(25)21(16)18)15(24)14(23)12-7-5-11(10-22)6-8-12/h4-8,13,15-16,18,22,24H,1,9-10H2,2-3H3/t13-,15+,16+,18-/m1/s1. The van der Waals surface area contributed by atoms with E-state index < -0.39 is 45.8 Å². The maximum absolute atomic E-state index is 12.7. The van der Waals surface area contributed by atoms with Crippen LogP contribution in [0.4, 0.5) is 0 Å². The third-order valence-corrected chi connectivity index (χ3v) is 6.67. The van der Waals surface area contributed by atoms with E-state index in [1.165, 1.54) is 34.9 Å². The first-order valence-corrected chi connectivity index (χ1v) is 9.80. The van der Waals surface area contributed by atoms with Gasteiger partial charge in [-0.3, -0.25) is 9.59 Å². The van der Waals surface area contributed by atoms with Crippen molar-refractivity contribution in [1.29, 1.82) is 0 Å². The summed E-state index contributed by atoms with van der Waals surface area (Å²) in [5.41, 5.74) is 0.908. The van der Waals surface area contributed by atoms with Gasteiger partial charge in [-0.05, 0) is 19.4 Å². The van der Waals surface area contributed by atoms with Crippen molar-refractivity contribution < 1.29 is 29.3 Å². The summed E-state index contributed by atoms with van der Waals surface area (Å²) in [7, 11) is 0. The SMILES string of the molecule is C=CCOC(=O)[C@@H]1N2C(=O)[C@@H]([C@H](O)C(=O)c3ccc(CO)cc3)[C@H]2SC1(C)C. The monoisotopic (exact) mass is 405 g/mol. The number of rotatable bonds is 7. The highest BCUT2D eigenvalue weighted by atomic mass is 32.2. The Morgan fingerprint density at radius 2 is 2.00 bits per heavy atom. The molecule has 2 N–H and O–H groups in total. The highest BCUT2D eigenvalue weighted by molar-refractivity contribution is 8.01. The number of amides is 1. The van der Waals surface area contributed by atoms with Crippen LogP contribution in [0.1, 0.15) is 29.8 Å². The molecule has 8 heteroatoms. The third kappa shape index (κ3) is 3.36. The molecule has 4 atom stereocenters. The minimum absolute atomic E-state index is 0.0527. The number of ether oxygens (including phenoxy) is 1. The summed E-state index contributed by atoms with van der Waals surface area (Å²) in [6, 6.07) is 5.43. The second kappa shape index (κ2) is 7.69. The number of ketones is 1. The van der Waals surface area contributed by atoms with Crippen molar-refractivity contribution in [1.82, 2.24) is 4.90 Å². The van der Waals surface area contributed by atoms with E-state index in [2.05, 4.69) is 6.58 Å². The Morgan fingerprint density at radius 1 is 1.36 bits per heavy atom. The van der Waals surface area contributed by atoms with Crippen LogP contribution in [0.15, 0.2) is 36.9 Å². The predicted molar refractivity (Wildman–Crippen MR) is 103 cm³/mol. The molecule has 2 heterocycles. The zero-order valence-electron chi connectivity index (χ0n) is 15.7. The lowest BCUT2D eigenvalue weighted by Crippen LogP contribution is -2.66. The first-order chi connectivity index (χ1) is 13.2. The van der Waals surface area contributed by atoms with Gasteiger partial charge in [0.05, 0.1) is 12.0 Å². The highest BCUT2D eigenvalue weighted by Crippen LogP contribution is 2.54. The number of Topliss-reactive ketones (excluding diaryl/α,β-unsaturated/α-hetero) is 1. The summed E-state index contributed by atoms with van der Waals surface area (Å²) >= 11 is 1.38. The van der Waals surface area contributed by atoms with Gasteiger partial charge >= 0.3 is 5.97 Å². The summed E-state index contributed by atoms with van der Waals surface area (Å²) in [5.74, 6) is -2.42. The van der Waals surface area contributed by atoms with E-state index in [-0.39, 0.29) is 18.8 Å². The molecule has 0 radical (unpaired) electrons. The first-order valence-electron chi connectivity index (χ1n) is 8.92. The van der Waals surface area contributed by atoms with Crippen LogP contribution in [0.2, 0.25) is 0 Å². The van der Waals surface area contributed by atoms with Gasteiger partial charge < -0.3 is 19.8 Å². The van der Waals surface area contributed by atoms with Crippen LogP contribution >= 0.6 is 11.8 Å². The first kappa shape index (κ1) is 20.6. The number of benzene rings is 1. The van der Waals surface area contributed by atoms with Crippen molar-refractivity contribution in [3.05, 3.63) is 48.0 Å². The van der Waals surface area contributed by atoms with E-state index in [4.69, 9.17) is 9.84 Å². The Morgan fingerprint density at radius 3 is 2.57 bits per heavy atom. The van der Waals surface area contributed by atoms with Crippen molar-refractivity contribution in [2.45, 2.75) is 42.7 Å². The van der Waals surface area contributed by atoms with E-state index in [9.17, 15) is 19.5 Å². The average molecular weight is 405 g/mol. The molecule has 0 aromatic heterocycles. The van der Waals surface area contributed by atoms with Crippen LogP contribution in [0.25, 0.3) is 0 Å². The molecule has 1 aromatic rings. The molecule has 2 saturated heterocycles. The van der Waals surface area contributed by atoms with E-state index >= 15 is 0 Å². The quantitative estimate of drug-likeness (QED) is 0.303. The van der Waals surface area contributed by atoms with Crippen LogP contribution in [-0.4, -0.2) is 61.6 Å². The van der Waals surface area contributed by atoms with E-state index in [0.29, 0.717) is 5.56 Å². The van der Waals surface area contributed by atoms with Gasteiger partial charge in [-0.2, -0.15) is 0 Å². The normalized spacial score (nSPS) is 26.2. The van der Waals surface area contributed by atoms with Crippen molar-refractivity contribution >= 4 is 29.4 Å². The Labute approximate surface area is 167 Å². The zero-order valence-corrected chi connectivity index (χ0v) is 16.5. The number of hydrogen-bond donors (Lipinski definition) is 2. The minimum Gasteiger partial charge on any atom is -0.460 e. The number of esters is 1. The number of fused-ring (bicyclic) bond motifs is 1. The molecular weight excluding hydrogens is 382 g/mol. The lowest BCUT2D eigenvalue weighted by atomic mass is 9.85. The number of hydrogen-bond acceptors (Lipinski definition) is 7. The smallest absolute Gasteiger partial charge is 0.330 e. The van der Waals surface area contributed by atoms with Crippen LogP contribution in [0.3, 0.4) is 0 Å².